The average Bonchev–Trinajstić information content (AvgIpc) is 2.27. The molecule has 0 saturated heterocycles. The summed E-state index contributed by atoms with van der Waals surface area (Å²) in [4.78, 5) is 2.41. The standard InChI is InChI=1S/C14H24N2/c1-14(2,12-15-3)16(4)11-10-13-8-6-5-7-9-13/h5-9,15H,10-12H2,1-4H3. The van der Waals surface area contributed by atoms with E-state index in [2.05, 4.69) is 61.4 Å². The van der Waals surface area contributed by atoms with Gasteiger partial charge >= 0.3 is 0 Å². The minimum Gasteiger partial charge on any atom is -0.318 e. The van der Waals surface area contributed by atoms with Crippen molar-refractivity contribution >= 4 is 0 Å². The van der Waals surface area contributed by atoms with E-state index in [9.17, 15) is 0 Å². The van der Waals surface area contributed by atoms with Crippen LogP contribution in [0.25, 0.3) is 0 Å². The molecule has 0 unspecified atom stereocenters. The monoisotopic (exact) mass is 220 g/mol. The normalized spacial score (nSPS) is 12.1. The van der Waals surface area contributed by atoms with Gasteiger partial charge in [0, 0.05) is 18.6 Å². The highest BCUT2D eigenvalue weighted by Gasteiger charge is 2.21. The first-order valence-corrected chi connectivity index (χ1v) is 5.96. The first kappa shape index (κ1) is 13.2. The summed E-state index contributed by atoms with van der Waals surface area (Å²) in [6.45, 7) is 6.65. The number of nitrogens with zero attached hydrogens (tertiary/aromatic N) is 1. The summed E-state index contributed by atoms with van der Waals surface area (Å²) in [6.07, 6.45) is 1.12. The van der Waals surface area contributed by atoms with Gasteiger partial charge in [0.2, 0.25) is 0 Å². The van der Waals surface area contributed by atoms with Crippen molar-refractivity contribution in [3.63, 3.8) is 0 Å². The second kappa shape index (κ2) is 6.02. The summed E-state index contributed by atoms with van der Waals surface area (Å²) in [6, 6.07) is 10.7. The fourth-order valence-corrected chi connectivity index (χ4v) is 1.81. The molecule has 0 heterocycles. The average molecular weight is 220 g/mol. The predicted octanol–water partition coefficient (Wildman–Crippen LogP) is 2.16. The quantitative estimate of drug-likeness (QED) is 0.790. The maximum absolute atomic E-state index is 3.25. The number of hydrogen-bond acceptors (Lipinski definition) is 2. The van der Waals surface area contributed by atoms with Gasteiger partial charge in [-0.25, -0.2) is 0 Å². The van der Waals surface area contributed by atoms with E-state index in [-0.39, 0.29) is 5.54 Å². The van der Waals surface area contributed by atoms with Gasteiger partial charge in [0.25, 0.3) is 0 Å². The Kier molecular flexibility index (Phi) is 4.97. The molecule has 16 heavy (non-hydrogen) atoms. The van der Waals surface area contributed by atoms with Gasteiger partial charge in [-0.1, -0.05) is 30.3 Å². The van der Waals surface area contributed by atoms with Gasteiger partial charge in [0.1, 0.15) is 0 Å². The van der Waals surface area contributed by atoms with Crippen molar-refractivity contribution in [1.82, 2.24) is 10.2 Å². The van der Waals surface area contributed by atoms with Crippen molar-refractivity contribution < 1.29 is 0 Å². The Labute approximate surface area is 99.7 Å². The zero-order valence-corrected chi connectivity index (χ0v) is 11.0. The Balaban J connectivity index is 2.43. The molecule has 0 saturated carbocycles. The highest BCUT2D eigenvalue weighted by molar-refractivity contribution is 5.14. The fraction of sp³-hybridized carbons (Fsp3) is 0.571. The molecule has 2 nitrogen and oxygen atoms in total. The molecule has 0 atom stereocenters. The third-order valence-electron chi connectivity index (χ3n) is 3.22. The lowest BCUT2D eigenvalue weighted by Gasteiger charge is -2.35. The molecule has 0 aliphatic heterocycles. The summed E-state index contributed by atoms with van der Waals surface area (Å²) in [5.41, 5.74) is 1.62. The van der Waals surface area contributed by atoms with E-state index in [1.54, 1.807) is 0 Å². The second-order valence-electron chi connectivity index (χ2n) is 5.00. The van der Waals surface area contributed by atoms with Gasteiger partial charge in [0.05, 0.1) is 0 Å². The Morgan fingerprint density at radius 2 is 1.81 bits per heavy atom. The van der Waals surface area contributed by atoms with Crippen molar-refractivity contribution in [3.8, 4) is 0 Å². The summed E-state index contributed by atoms with van der Waals surface area (Å²) >= 11 is 0. The SMILES string of the molecule is CNCC(C)(C)N(C)CCc1ccccc1. The van der Waals surface area contributed by atoms with Gasteiger partial charge in [-0.2, -0.15) is 0 Å². The Bertz CT molecular complexity index is 293. The van der Waals surface area contributed by atoms with Crippen molar-refractivity contribution in [1.29, 1.82) is 0 Å². The van der Waals surface area contributed by atoms with Gasteiger partial charge in [-0.3, -0.25) is 4.90 Å². The van der Waals surface area contributed by atoms with Crippen LogP contribution in [0, 0.1) is 0 Å². The van der Waals surface area contributed by atoms with Crippen molar-refractivity contribution in [2.24, 2.45) is 0 Å². The van der Waals surface area contributed by atoms with Crippen LogP contribution in [0.3, 0.4) is 0 Å². The summed E-state index contributed by atoms with van der Waals surface area (Å²) in [5, 5.41) is 3.25. The molecule has 0 fully saturated rings. The van der Waals surface area contributed by atoms with Gasteiger partial charge < -0.3 is 5.32 Å². The van der Waals surface area contributed by atoms with Crippen LogP contribution in [0.4, 0.5) is 0 Å². The Hall–Kier alpha value is -0.860. The maximum Gasteiger partial charge on any atom is 0.0274 e. The molecule has 0 amide bonds. The smallest absolute Gasteiger partial charge is 0.0274 e. The molecule has 90 valence electrons. The first-order chi connectivity index (χ1) is 7.56. The zero-order chi connectivity index (χ0) is 12.0. The zero-order valence-electron chi connectivity index (χ0n) is 11.0. The Morgan fingerprint density at radius 3 is 2.38 bits per heavy atom. The third kappa shape index (κ3) is 3.95. The van der Waals surface area contributed by atoms with Crippen LogP contribution in [0.2, 0.25) is 0 Å². The van der Waals surface area contributed by atoms with Crippen LogP contribution in [0.1, 0.15) is 19.4 Å². The minimum atomic E-state index is 0.212. The molecule has 0 aliphatic carbocycles. The number of rotatable bonds is 6. The lowest BCUT2D eigenvalue weighted by atomic mass is 10.0. The van der Waals surface area contributed by atoms with Crippen LogP contribution >= 0.6 is 0 Å². The number of benzene rings is 1. The van der Waals surface area contributed by atoms with Crippen molar-refractivity contribution in [2.75, 3.05) is 27.2 Å². The molecular formula is C14H24N2. The topological polar surface area (TPSA) is 15.3 Å². The summed E-state index contributed by atoms with van der Waals surface area (Å²) < 4.78 is 0. The second-order valence-corrected chi connectivity index (χ2v) is 5.00. The fourth-order valence-electron chi connectivity index (χ4n) is 1.81. The highest BCUT2D eigenvalue weighted by Crippen LogP contribution is 2.11. The predicted molar refractivity (Wildman–Crippen MR) is 70.8 cm³/mol. The van der Waals surface area contributed by atoms with Crippen molar-refractivity contribution in [3.05, 3.63) is 35.9 Å². The van der Waals surface area contributed by atoms with E-state index < -0.39 is 0 Å². The molecule has 0 aliphatic rings. The lowest BCUT2D eigenvalue weighted by Crippen LogP contribution is -2.48. The van der Waals surface area contributed by atoms with E-state index in [0.717, 1.165) is 19.5 Å². The van der Waals surface area contributed by atoms with E-state index in [1.165, 1.54) is 5.56 Å². The number of nitrogens with one attached hydrogen (secondary N) is 1. The molecule has 1 aromatic carbocycles. The molecule has 1 rings (SSSR count). The van der Waals surface area contributed by atoms with E-state index >= 15 is 0 Å². The van der Waals surface area contributed by atoms with Crippen LogP contribution in [-0.4, -0.2) is 37.6 Å². The van der Waals surface area contributed by atoms with Crippen molar-refractivity contribution in [2.45, 2.75) is 25.8 Å². The molecule has 0 aromatic heterocycles. The Morgan fingerprint density at radius 1 is 1.19 bits per heavy atom. The van der Waals surface area contributed by atoms with E-state index in [1.807, 2.05) is 7.05 Å². The first-order valence-electron chi connectivity index (χ1n) is 5.96. The molecule has 0 radical (unpaired) electrons. The van der Waals surface area contributed by atoms with Crippen LogP contribution in [0.15, 0.2) is 30.3 Å². The molecule has 1 aromatic rings. The summed E-state index contributed by atoms with van der Waals surface area (Å²) in [5.74, 6) is 0. The maximum atomic E-state index is 3.25. The largest absolute Gasteiger partial charge is 0.318 e. The lowest BCUT2D eigenvalue weighted by molar-refractivity contribution is 0.157. The van der Waals surface area contributed by atoms with Crippen LogP contribution in [0.5, 0.6) is 0 Å². The van der Waals surface area contributed by atoms with Gasteiger partial charge in [-0.05, 0) is 39.9 Å². The highest BCUT2D eigenvalue weighted by atomic mass is 15.2. The number of likely N-dealkylation sites (N-methyl/N-ethyl adjacent to an activating group) is 2. The van der Waals surface area contributed by atoms with Gasteiger partial charge in [-0.15, -0.1) is 0 Å². The van der Waals surface area contributed by atoms with Crippen LogP contribution in [-0.2, 0) is 6.42 Å². The van der Waals surface area contributed by atoms with Gasteiger partial charge in [0.15, 0.2) is 0 Å². The molecule has 1 N–H and O–H groups in total. The van der Waals surface area contributed by atoms with Crippen LogP contribution < -0.4 is 5.32 Å². The summed E-state index contributed by atoms with van der Waals surface area (Å²) in [7, 11) is 4.20. The molecule has 0 bridgehead atoms. The third-order valence-corrected chi connectivity index (χ3v) is 3.22. The molecule has 0 spiro atoms. The van der Waals surface area contributed by atoms with E-state index in [0.29, 0.717) is 0 Å². The molecule has 2 heteroatoms. The van der Waals surface area contributed by atoms with E-state index in [4.69, 9.17) is 0 Å². The number of hydrogen-bond donors (Lipinski definition) is 1. The molecular weight excluding hydrogens is 196 g/mol. The minimum absolute atomic E-state index is 0.212.